The molecule has 2 heterocycles. The van der Waals surface area contributed by atoms with Crippen LogP contribution in [-0.2, 0) is 0 Å². The van der Waals surface area contributed by atoms with Gasteiger partial charge >= 0.3 is 0 Å². The van der Waals surface area contributed by atoms with E-state index in [1.54, 1.807) is 6.20 Å². The van der Waals surface area contributed by atoms with Gasteiger partial charge in [0.15, 0.2) is 5.82 Å². The maximum atomic E-state index is 5.85. The molecule has 5 heteroatoms. The molecule has 0 aliphatic heterocycles. The van der Waals surface area contributed by atoms with Crippen LogP contribution in [-0.4, -0.2) is 27.0 Å². The lowest BCUT2D eigenvalue weighted by atomic mass is 10.0. The highest BCUT2D eigenvalue weighted by molar-refractivity contribution is 6.17. The Kier molecular flexibility index (Phi) is 2.90. The van der Waals surface area contributed by atoms with Crippen molar-refractivity contribution in [2.24, 2.45) is 5.41 Å². The molecular formula is C13H17ClN4. The van der Waals surface area contributed by atoms with E-state index in [0.29, 0.717) is 5.41 Å². The molecule has 1 N–H and O–H groups in total. The fraction of sp³-hybridized carbons (Fsp3) is 0.538. The lowest BCUT2D eigenvalue weighted by Gasteiger charge is -2.15. The molecule has 18 heavy (non-hydrogen) atoms. The number of halogens is 1. The normalized spacial score (nSPS) is 17.0. The van der Waals surface area contributed by atoms with Crippen molar-refractivity contribution in [1.82, 2.24) is 14.6 Å². The maximum absolute atomic E-state index is 5.85. The number of aryl methyl sites for hydroxylation is 1. The molecule has 2 aromatic heterocycles. The Morgan fingerprint density at radius 1 is 1.50 bits per heavy atom. The second-order valence-electron chi connectivity index (χ2n) is 5.18. The summed E-state index contributed by atoms with van der Waals surface area (Å²) >= 11 is 5.85. The van der Waals surface area contributed by atoms with Gasteiger partial charge in [0.05, 0.1) is 5.69 Å². The topological polar surface area (TPSA) is 42.2 Å². The molecule has 0 aromatic carbocycles. The molecule has 4 nitrogen and oxygen atoms in total. The van der Waals surface area contributed by atoms with Gasteiger partial charge in [0.1, 0.15) is 5.52 Å². The zero-order valence-electron chi connectivity index (χ0n) is 10.5. The van der Waals surface area contributed by atoms with Crippen LogP contribution in [0.5, 0.6) is 0 Å². The number of aromatic nitrogens is 3. The summed E-state index contributed by atoms with van der Waals surface area (Å²) in [6.07, 6.45) is 7.29. The molecule has 1 fully saturated rings. The first-order valence-electron chi connectivity index (χ1n) is 6.33. The van der Waals surface area contributed by atoms with Crippen molar-refractivity contribution in [3.05, 3.63) is 24.2 Å². The molecule has 0 atom stereocenters. The third-order valence-corrected chi connectivity index (χ3v) is 3.91. The third kappa shape index (κ3) is 2.17. The number of anilines is 1. The van der Waals surface area contributed by atoms with Gasteiger partial charge in [-0.15, -0.1) is 11.6 Å². The highest BCUT2D eigenvalue weighted by Gasteiger charge is 2.41. The minimum Gasteiger partial charge on any atom is -0.368 e. The molecule has 0 spiro atoms. The number of nitrogens with one attached hydrogen (secondary N) is 1. The van der Waals surface area contributed by atoms with Gasteiger partial charge in [-0.3, -0.25) is 0 Å². The Labute approximate surface area is 111 Å². The van der Waals surface area contributed by atoms with E-state index in [9.17, 15) is 0 Å². The van der Waals surface area contributed by atoms with Crippen LogP contribution in [0.15, 0.2) is 18.5 Å². The van der Waals surface area contributed by atoms with E-state index < -0.39 is 0 Å². The summed E-state index contributed by atoms with van der Waals surface area (Å²) in [6, 6.07) is 2.05. The van der Waals surface area contributed by atoms with Gasteiger partial charge in [-0.2, -0.15) is 5.10 Å². The van der Waals surface area contributed by atoms with Crippen LogP contribution in [0.3, 0.4) is 0 Å². The second kappa shape index (κ2) is 4.43. The first kappa shape index (κ1) is 11.8. The van der Waals surface area contributed by atoms with Gasteiger partial charge < -0.3 is 5.32 Å². The molecule has 0 unspecified atom stereocenters. The van der Waals surface area contributed by atoms with Crippen LogP contribution in [0.25, 0.3) is 5.52 Å². The predicted octanol–water partition coefficient (Wildman–Crippen LogP) is 2.86. The van der Waals surface area contributed by atoms with E-state index in [1.165, 1.54) is 12.8 Å². The first-order valence-corrected chi connectivity index (χ1v) is 6.87. The SMILES string of the molecule is Cc1cc2c(NCC3(CCCl)CC3)nccn2n1. The molecule has 1 aliphatic carbocycles. The first-order chi connectivity index (χ1) is 8.72. The Bertz CT molecular complexity index is 559. The molecule has 3 rings (SSSR count). The number of nitrogens with zero attached hydrogens (tertiary/aromatic N) is 3. The van der Waals surface area contributed by atoms with E-state index in [-0.39, 0.29) is 0 Å². The minimum atomic E-state index is 0.408. The van der Waals surface area contributed by atoms with Crippen LogP contribution < -0.4 is 5.32 Å². The van der Waals surface area contributed by atoms with Crippen LogP contribution in [0, 0.1) is 12.3 Å². The van der Waals surface area contributed by atoms with Crippen molar-refractivity contribution in [3.63, 3.8) is 0 Å². The van der Waals surface area contributed by atoms with E-state index in [4.69, 9.17) is 11.6 Å². The summed E-state index contributed by atoms with van der Waals surface area (Å²) in [5.41, 5.74) is 2.45. The Balaban J connectivity index is 1.78. The Morgan fingerprint density at radius 3 is 3.06 bits per heavy atom. The molecule has 96 valence electrons. The van der Waals surface area contributed by atoms with Crippen molar-refractivity contribution < 1.29 is 0 Å². The zero-order chi connectivity index (χ0) is 12.6. The molecule has 0 amide bonds. The van der Waals surface area contributed by atoms with Crippen LogP contribution in [0.4, 0.5) is 5.82 Å². The summed E-state index contributed by atoms with van der Waals surface area (Å²) in [7, 11) is 0. The van der Waals surface area contributed by atoms with E-state index in [0.717, 1.165) is 35.9 Å². The van der Waals surface area contributed by atoms with Gasteiger partial charge in [-0.05, 0) is 37.7 Å². The summed E-state index contributed by atoms with van der Waals surface area (Å²) < 4.78 is 1.87. The number of fused-ring (bicyclic) bond motifs is 1. The van der Waals surface area contributed by atoms with E-state index in [1.807, 2.05) is 17.6 Å². The fourth-order valence-corrected chi connectivity index (χ4v) is 2.75. The van der Waals surface area contributed by atoms with E-state index in [2.05, 4.69) is 21.5 Å². The van der Waals surface area contributed by atoms with Crippen molar-refractivity contribution >= 4 is 22.9 Å². The molecule has 0 bridgehead atoms. The average Bonchev–Trinajstić information content (AvgIpc) is 3.00. The van der Waals surface area contributed by atoms with Crippen molar-refractivity contribution in [1.29, 1.82) is 0 Å². The van der Waals surface area contributed by atoms with Gasteiger partial charge in [0, 0.05) is 24.8 Å². The van der Waals surface area contributed by atoms with Crippen LogP contribution in [0.1, 0.15) is 25.0 Å². The standard InChI is InChI=1S/C13H17ClN4/c1-10-8-11-12(15-6-7-18(11)17-10)16-9-13(2-3-13)4-5-14/h6-8H,2-5,9H2,1H3,(H,15,16). The average molecular weight is 265 g/mol. The summed E-state index contributed by atoms with van der Waals surface area (Å²) in [6.45, 7) is 2.95. The number of hydrogen-bond acceptors (Lipinski definition) is 3. The van der Waals surface area contributed by atoms with Crippen molar-refractivity contribution in [2.75, 3.05) is 17.7 Å². The van der Waals surface area contributed by atoms with Crippen molar-refractivity contribution in [3.8, 4) is 0 Å². The number of rotatable bonds is 5. The van der Waals surface area contributed by atoms with E-state index >= 15 is 0 Å². The van der Waals surface area contributed by atoms with Crippen LogP contribution in [0.2, 0.25) is 0 Å². The number of alkyl halides is 1. The van der Waals surface area contributed by atoms with Gasteiger partial charge in [0.2, 0.25) is 0 Å². The zero-order valence-corrected chi connectivity index (χ0v) is 11.2. The largest absolute Gasteiger partial charge is 0.368 e. The minimum absolute atomic E-state index is 0.408. The smallest absolute Gasteiger partial charge is 0.152 e. The quantitative estimate of drug-likeness (QED) is 0.845. The predicted molar refractivity (Wildman–Crippen MR) is 73.2 cm³/mol. The summed E-state index contributed by atoms with van der Waals surface area (Å²) in [5.74, 6) is 1.66. The summed E-state index contributed by atoms with van der Waals surface area (Å²) in [5, 5.41) is 7.84. The fourth-order valence-electron chi connectivity index (χ4n) is 2.34. The molecule has 2 aromatic rings. The molecule has 0 radical (unpaired) electrons. The molecule has 1 aliphatic rings. The molecule has 0 saturated heterocycles. The lowest BCUT2D eigenvalue weighted by Crippen LogP contribution is -2.17. The van der Waals surface area contributed by atoms with Gasteiger partial charge in [-0.1, -0.05) is 0 Å². The monoisotopic (exact) mass is 264 g/mol. The third-order valence-electron chi connectivity index (χ3n) is 3.72. The highest BCUT2D eigenvalue weighted by atomic mass is 35.5. The van der Waals surface area contributed by atoms with Crippen LogP contribution >= 0.6 is 11.6 Å². The lowest BCUT2D eigenvalue weighted by molar-refractivity contribution is 0.524. The number of hydrogen-bond donors (Lipinski definition) is 1. The maximum Gasteiger partial charge on any atom is 0.152 e. The van der Waals surface area contributed by atoms with Gasteiger partial charge in [-0.25, -0.2) is 9.50 Å². The molecule has 1 saturated carbocycles. The van der Waals surface area contributed by atoms with Gasteiger partial charge in [0.25, 0.3) is 0 Å². The Hall–Kier alpha value is -1.29. The second-order valence-corrected chi connectivity index (χ2v) is 5.56. The van der Waals surface area contributed by atoms with Crippen molar-refractivity contribution in [2.45, 2.75) is 26.2 Å². The summed E-state index contributed by atoms with van der Waals surface area (Å²) in [4.78, 5) is 4.41. The Morgan fingerprint density at radius 2 is 2.33 bits per heavy atom. The molecular weight excluding hydrogens is 248 g/mol. The highest BCUT2D eigenvalue weighted by Crippen LogP contribution is 2.48.